The number of alkyl halides is 3. The molecule has 4 rings (SSSR count). The third-order valence-electron chi connectivity index (χ3n) is 6.75. The van der Waals surface area contributed by atoms with Crippen LogP contribution in [0.4, 0.5) is 13.2 Å². The lowest BCUT2D eigenvalue weighted by Crippen LogP contribution is -2.37. The van der Waals surface area contributed by atoms with Gasteiger partial charge in [-0.3, -0.25) is 24.2 Å². The highest BCUT2D eigenvalue weighted by Crippen LogP contribution is 2.44. The molecule has 0 radical (unpaired) electrons. The molecular formula is C24H29F3N6O3. The van der Waals surface area contributed by atoms with Crippen molar-refractivity contribution in [2.75, 3.05) is 0 Å². The Hall–Kier alpha value is -3.57. The molecule has 0 aliphatic heterocycles. The zero-order valence-electron chi connectivity index (χ0n) is 20.1. The number of hydrogen-bond acceptors (Lipinski definition) is 5. The number of rotatable bonds is 7. The molecule has 36 heavy (non-hydrogen) atoms. The number of aromatic nitrogens is 4. The van der Waals surface area contributed by atoms with E-state index < -0.39 is 23.7 Å². The third kappa shape index (κ3) is 5.63. The molecule has 2 N–H and O–H groups in total. The predicted octanol–water partition coefficient (Wildman–Crippen LogP) is 3.01. The monoisotopic (exact) mass is 506 g/mol. The lowest BCUT2D eigenvalue weighted by molar-refractivity contribution is -0.142. The van der Waals surface area contributed by atoms with Crippen molar-refractivity contribution in [3.63, 3.8) is 0 Å². The Morgan fingerprint density at radius 2 is 2.03 bits per heavy atom. The summed E-state index contributed by atoms with van der Waals surface area (Å²) < 4.78 is 50.8. The third-order valence-corrected chi connectivity index (χ3v) is 6.75. The smallest absolute Gasteiger partial charge is 0.432 e. The van der Waals surface area contributed by atoms with Gasteiger partial charge in [-0.05, 0) is 43.6 Å². The summed E-state index contributed by atoms with van der Waals surface area (Å²) in [7, 11) is 1.62. The van der Waals surface area contributed by atoms with Gasteiger partial charge in [0.1, 0.15) is 6.26 Å². The predicted molar refractivity (Wildman–Crippen MR) is 123 cm³/mol. The molecular weight excluding hydrogens is 477 g/mol. The highest BCUT2D eigenvalue weighted by Gasteiger charge is 2.42. The molecule has 12 heteroatoms. The number of carbonyl (C=O) groups is 1. The minimum atomic E-state index is -4.60. The first-order chi connectivity index (χ1) is 17.0. The van der Waals surface area contributed by atoms with Crippen LogP contribution in [0, 0.1) is 17.2 Å². The molecule has 3 unspecified atom stereocenters. The van der Waals surface area contributed by atoms with Crippen molar-refractivity contribution in [2.24, 2.45) is 18.9 Å². The second-order valence-electron chi connectivity index (χ2n) is 9.32. The fourth-order valence-corrected chi connectivity index (χ4v) is 4.99. The molecule has 0 saturated heterocycles. The maximum atomic E-state index is 13.8. The fourth-order valence-electron chi connectivity index (χ4n) is 4.99. The average Bonchev–Trinajstić information content (AvgIpc) is 3.46. The number of aryl methyl sites for hydroxylation is 2. The van der Waals surface area contributed by atoms with Crippen LogP contribution < -0.4 is 16.6 Å². The molecule has 3 aromatic heterocycles. The molecule has 1 saturated carbocycles. The molecule has 0 aromatic carbocycles. The molecule has 1 amide bonds. The van der Waals surface area contributed by atoms with Crippen LogP contribution in [0.25, 0.3) is 0 Å². The molecule has 1 aliphatic carbocycles. The number of nitrogens with zero attached hydrogens (tertiary/aromatic N) is 4. The summed E-state index contributed by atoms with van der Waals surface area (Å²) in [5.74, 6) is -1.43. The Kier molecular flexibility index (Phi) is 7.23. The van der Waals surface area contributed by atoms with Crippen molar-refractivity contribution in [2.45, 2.75) is 57.9 Å². The van der Waals surface area contributed by atoms with Crippen LogP contribution in [0.1, 0.15) is 48.9 Å². The SMILES string of the molecule is CCn1cc(C2CC(Cn3ccoc3=N)CC(C(=O)NCc3ccc(=O)n(C)c3)C2)c(C(F)(F)F)n1. The second-order valence-corrected chi connectivity index (χ2v) is 9.32. The van der Waals surface area contributed by atoms with Gasteiger partial charge in [-0.25, -0.2) is 0 Å². The van der Waals surface area contributed by atoms with E-state index in [1.165, 1.54) is 27.8 Å². The summed E-state index contributed by atoms with van der Waals surface area (Å²) in [5.41, 5.74) is -0.278. The van der Waals surface area contributed by atoms with Crippen molar-refractivity contribution in [3.05, 3.63) is 69.8 Å². The summed E-state index contributed by atoms with van der Waals surface area (Å²) in [6, 6.07) is 3.05. The van der Waals surface area contributed by atoms with Crippen molar-refractivity contribution < 1.29 is 22.4 Å². The van der Waals surface area contributed by atoms with Crippen LogP contribution in [-0.4, -0.2) is 24.8 Å². The van der Waals surface area contributed by atoms with E-state index in [1.54, 1.807) is 37.0 Å². The highest BCUT2D eigenvalue weighted by atomic mass is 19.4. The molecule has 194 valence electrons. The Morgan fingerprint density at radius 1 is 1.25 bits per heavy atom. The van der Waals surface area contributed by atoms with Gasteiger partial charge < -0.3 is 14.3 Å². The Morgan fingerprint density at radius 3 is 2.67 bits per heavy atom. The number of halogens is 3. The van der Waals surface area contributed by atoms with E-state index in [9.17, 15) is 22.8 Å². The van der Waals surface area contributed by atoms with Gasteiger partial charge in [0.25, 0.3) is 5.68 Å². The molecule has 1 fully saturated rings. The van der Waals surface area contributed by atoms with Crippen molar-refractivity contribution >= 4 is 5.91 Å². The Bertz CT molecular complexity index is 1340. The molecule has 3 heterocycles. The number of hydrogen-bond donors (Lipinski definition) is 2. The molecule has 0 spiro atoms. The van der Waals surface area contributed by atoms with Crippen LogP contribution in [-0.2, 0) is 37.7 Å². The van der Waals surface area contributed by atoms with E-state index in [-0.39, 0.29) is 41.6 Å². The molecule has 3 aromatic rings. The summed E-state index contributed by atoms with van der Waals surface area (Å²) in [6.45, 7) is 2.59. The summed E-state index contributed by atoms with van der Waals surface area (Å²) in [5, 5.41) is 14.5. The first kappa shape index (κ1) is 25.5. The minimum absolute atomic E-state index is 0.0532. The van der Waals surface area contributed by atoms with Gasteiger partial charge in [0.15, 0.2) is 5.69 Å². The standard InChI is InChI=1S/C24H29F3N6O3/c1-3-33-14-19(21(30-33)24(25,26)27)17-8-16(13-32-6-7-36-23(32)28)9-18(10-17)22(35)29-11-15-4-5-20(34)31(2)12-15/h4-7,12,14,16-18,28H,3,8-11,13H2,1-2H3,(H,29,35). The zero-order valence-corrected chi connectivity index (χ0v) is 20.1. The normalized spacial score (nSPS) is 20.4. The van der Waals surface area contributed by atoms with E-state index in [4.69, 9.17) is 9.83 Å². The molecule has 3 atom stereocenters. The van der Waals surface area contributed by atoms with E-state index in [0.717, 1.165) is 5.56 Å². The lowest BCUT2D eigenvalue weighted by Gasteiger charge is -2.34. The number of carbonyl (C=O) groups excluding carboxylic acids is 1. The fraction of sp³-hybridized carbons (Fsp3) is 0.500. The maximum absolute atomic E-state index is 13.8. The Labute approximate surface area is 205 Å². The number of amides is 1. The maximum Gasteiger partial charge on any atom is 0.435 e. The van der Waals surface area contributed by atoms with Crippen LogP contribution in [0.5, 0.6) is 0 Å². The van der Waals surface area contributed by atoms with Crippen molar-refractivity contribution in [1.82, 2.24) is 24.2 Å². The van der Waals surface area contributed by atoms with E-state index in [1.807, 2.05) is 0 Å². The second kappa shape index (κ2) is 10.2. The van der Waals surface area contributed by atoms with Crippen LogP contribution in [0.3, 0.4) is 0 Å². The van der Waals surface area contributed by atoms with E-state index in [2.05, 4.69) is 10.4 Å². The number of oxazole rings is 1. The summed E-state index contributed by atoms with van der Waals surface area (Å²) >= 11 is 0. The van der Waals surface area contributed by atoms with Crippen LogP contribution in [0.2, 0.25) is 0 Å². The molecule has 0 bridgehead atoms. The van der Waals surface area contributed by atoms with Gasteiger partial charge in [0.2, 0.25) is 11.5 Å². The minimum Gasteiger partial charge on any atom is -0.432 e. The Balaban J connectivity index is 1.58. The summed E-state index contributed by atoms with van der Waals surface area (Å²) in [6.07, 6.45) is 2.63. The van der Waals surface area contributed by atoms with Gasteiger partial charge in [0.05, 0.1) is 0 Å². The van der Waals surface area contributed by atoms with Gasteiger partial charge in [-0.15, -0.1) is 0 Å². The lowest BCUT2D eigenvalue weighted by atomic mass is 9.72. The van der Waals surface area contributed by atoms with Gasteiger partial charge in [-0.1, -0.05) is 6.07 Å². The largest absolute Gasteiger partial charge is 0.435 e. The molecule has 9 nitrogen and oxygen atoms in total. The van der Waals surface area contributed by atoms with Crippen LogP contribution in [0.15, 0.2) is 46.2 Å². The highest BCUT2D eigenvalue weighted by molar-refractivity contribution is 5.78. The van der Waals surface area contributed by atoms with E-state index >= 15 is 0 Å². The van der Waals surface area contributed by atoms with Crippen molar-refractivity contribution in [1.29, 1.82) is 5.41 Å². The summed E-state index contributed by atoms with van der Waals surface area (Å²) in [4.78, 5) is 24.8. The van der Waals surface area contributed by atoms with Gasteiger partial charge in [0, 0.05) is 62.8 Å². The van der Waals surface area contributed by atoms with Gasteiger partial charge in [-0.2, -0.15) is 18.3 Å². The zero-order chi connectivity index (χ0) is 26.0. The van der Waals surface area contributed by atoms with Gasteiger partial charge >= 0.3 is 6.18 Å². The van der Waals surface area contributed by atoms with Crippen molar-refractivity contribution in [3.8, 4) is 0 Å². The van der Waals surface area contributed by atoms with E-state index in [0.29, 0.717) is 25.9 Å². The number of nitrogens with one attached hydrogen (secondary N) is 2. The average molecular weight is 507 g/mol. The number of pyridine rings is 1. The first-order valence-electron chi connectivity index (χ1n) is 11.8. The topological polar surface area (TPSA) is 111 Å². The first-order valence-corrected chi connectivity index (χ1v) is 11.8. The molecule has 1 aliphatic rings. The quantitative estimate of drug-likeness (QED) is 0.513. The van der Waals surface area contributed by atoms with Crippen LogP contribution >= 0.6 is 0 Å².